The lowest BCUT2D eigenvalue weighted by molar-refractivity contribution is -0.119. The van der Waals surface area contributed by atoms with Crippen LogP contribution in [-0.2, 0) is 14.3 Å². The molecule has 0 bridgehead atoms. The van der Waals surface area contributed by atoms with Gasteiger partial charge in [0.05, 0.1) is 19.3 Å². The zero-order chi connectivity index (χ0) is 22.2. The highest BCUT2D eigenvalue weighted by Crippen LogP contribution is 2.36. The topological polar surface area (TPSA) is 90.9 Å². The maximum Gasteiger partial charge on any atom is 0.341 e. The van der Waals surface area contributed by atoms with Crippen molar-refractivity contribution in [2.75, 3.05) is 25.6 Å². The molecule has 1 heterocycles. The van der Waals surface area contributed by atoms with Crippen molar-refractivity contribution in [3.63, 3.8) is 0 Å². The van der Waals surface area contributed by atoms with Crippen molar-refractivity contribution >= 4 is 34.2 Å². The highest BCUT2D eigenvalue weighted by Gasteiger charge is 2.23. The molecule has 0 spiro atoms. The van der Waals surface area contributed by atoms with Crippen molar-refractivity contribution in [1.29, 1.82) is 0 Å². The molecule has 0 saturated heterocycles. The van der Waals surface area contributed by atoms with E-state index >= 15 is 0 Å². The fraction of sp³-hybridized carbons (Fsp3) is 0.174. The molecule has 0 radical (unpaired) electrons. The van der Waals surface area contributed by atoms with Gasteiger partial charge in [0.2, 0.25) is 0 Å². The van der Waals surface area contributed by atoms with Gasteiger partial charge in [0, 0.05) is 10.9 Å². The Hall–Kier alpha value is -3.65. The molecule has 0 aliphatic rings. The van der Waals surface area contributed by atoms with Crippen LogP contribution in [-0.4, -0.2) is 38.2 Å². The van der Waals surface area contributed by atoms with Crippen LogP contribution in [0.2, 0.25) is 0 Å². The summed E-state index contributed by atoms with van der Waals surface area (Å²) in [6.07, 6.45) is 0. The van der Waals surface area contributed by atoms with Gasteiger partial charge in [-0.05, 0) is 36.8 Å². The molecular weight excluding hydrogens is 418 g/mol. The van der Waals surface area contributed by atoms with Gasteiger partial charge in [-0.3, -0.25) is 4.79 Å². The van der Waals surface area contributed by atoms with Gasteiger partial charge in [-0.25, -0.2) is 9.59 Å². The predicted octanol–water partition coefficient (Wildman–Crippen LogP) is 4.40. The monoisotopic (exact) mass is 439 g/mol. The number of nitrogens with one attached hydrogen (secondary N) is 1. The Kier molecular flexibility index (Phi) is 7.40. The van der Waals surface area contributed by atoms with E-state index in [2.05, 4.69) is 5.32 Å². The van der Waals surface area contributed by atoms with Gasteiger partial charge < -0.3 is 19.5 Å². The number of hydrogen-bond acceptors (Lipinski definition) is 7. The number of rotatable bonds is 8. The van der Waals surface area contributed by atoms with E-state index in [-0.39, 0.29) is 12.2 Å². The van der Waals surface area contributed by atoms with E-state index in [1.54, 1.807) is 36.6 Å². The molecule has 0 fully saturated rings. The van der Waals surface area contributed by atoms with E-state index in [4.69, 9.17) is 14.2 Å². The maximum atomic E-state index is 12.5. The van der Waals surface area contributed by atoms with E-state index in [0.717, 1.165) is 5.56 Å². The largest absolute Gasteiger partial charge is 0.497 e. The number of amides is 1. The molecule has 31 heavy (non-hydrogen) atoms. The standard InChI is InChI=1S/C23H21NO6S/c1-3-29-23(27)20-18(15-7-5-4-6-8-15)14-31-21(20)24-19(25)13-30-22(26)16-9-11-17(28-2)12-10-16/h4-12,14H,3,13H2,1-2H3,(H,24,25). The Morgan fingerprint density at radius 1 is 0.935 bits per heavy atom. The first-order valence-electron chi connectivity index (χ1n) is 9.48. The van der Waals surface area contributed by atoms with E-state index in [1.807, 2.05) is 30.3 Å². The lowest BCUT2D eigenvalue weighted by atomic mass is 10.0. The maximum absolute atomic E-state index is 12.5. The number of esters is 2. The van der Waals surface area contributed by atoms with Gasteiger partial charge >= 0.3 is 11.9 Å². The molecule has 3 rings (SSSR count). The number of ether oxygens (including phenoxy) is 3. The Bertz CT molecular complexity index is 1060. The summed E-state index contributed by atoms with van der Waals surface area (Å²) < 4.78 is 15.3. The minimum atomic E-state index is -0.639. The fourth-order valence-corrected chi connectivity index (χ4v) is 3.76. The molecule has 7 nitrogen and oxygen atoms in total. The number of hydrogen-bond donors (Lipinski definition) is 1. The third kappa shape index (κ3) is 5.49. The second kappa shape index (κ2) is 10.4. The minimum absolute atomic E-state index is 0.204. The molecule has 1 N–H and O–H groups in total. The van der Waals surface area contributed by atoms with Crippen LogP contribution in [0.1, 0.15) is 27.6 Å². The number of benzene rings is 2. The van der Waals surface area contributed by atoms with Crippen LogP contribution in [0.25, 0.3) is 11.1 Å². The van der Waals surface area contributed by atoms with Crippen LogP contribution >= 0.6 is 11.3 Å². The predicted molar refractivity (Wildman–Crippen MR) is 118 cm³/mol. The van der Waals surface area contributed by atoms with Gasteiger partial charge in [0.1, 0.15) is 16.3 Å². The summed E-state index contributed by atoms with van der Waals surface area (Å²) in [6, 6.07) is 15.7. The number of carbonyl (C=O) groups excluding carboxylic acids is 3. The molecule has 0 atom stereocenters. The lowest BCUT2D eigenvalue weighted by Crippen LogP contribution is -2.21. The summed E-state index contributed by atoms with van der Waals surface area (Å²) in [5.74, 6) is -1.13. The van der Waals surface area contributed by atoms with Crippen LogP contribution in [0.4, 0.5) is 5.00 Å². The summed E-state index contributed by atoms with van der Waals surface area (Å²) in [4.78, 5) is 37.1. The average Bonchev–Trinajstić information content (AvgIpc) is 3.21. The highest BCUT2D eigenvalue weighted by atomic mass is 32.1. The summed E-state index contributed by atoms with van der Waals surface area (Å²) in [7, 11) is 1.52. The van der Waals surface area contributed by atoms with E-state index < -0.39 is 24.5 Å². The quantitative estimate of drug-likeness (QED) is 0.523. The number of anilines is 1. The first-order chi connectivity index (χ1) is 15.0. The van der Waals surface area contributed by atoms with Crippen molar-refractivity contribution in [2.24, 2.45) is 0 Å². The zero-order valence-corrected chi connectivity index (χ0v) is 17.9. The van der Waals surface area contributed by atoms with Crippen molar-refractivity contribution in [3.8, 4) is 16.9 Å². The highest BCUT2D eigenvalue weighted by molar-refractivity contribution is 7.15. The third-order valence-electron chi connectivity index (χ3n) is 4.27. The van der Waals surface area contributed by atoms with Crippen molar-refractivity contribution in [3.05, 3.63) is 71.1 Å². The van der Waals surface area contributed by atoms with Gasteiger partial charge in [-0.15, -0.1) is 11.3 Å². The van der Waals surface area contributed by atoms with Crippen LogP contribution in [0.15, 0.2) is 60.0 Å². The summed E-state index contributed by atoms with van der Waals surface area (Å²) in [6.45, 7) is 1.42. The SMILES string of the molecule is CCOC(=O)c1c(-c2ccccc2)csc1NC(=O)COC(=O)c1ccc(OC)cc1. The molecule has 0 aliphatic carbocycles. The molecule has 2 aromatic carbocycles. The molecular formula is C23H21NO6S. The summed E-state index contributed by atoms with van der Waals surface area (Å²) in [5, 5.41) is 4.76. The number of carbonyl (C=O) groups is 3. The molecule has 1 aromatic heterocycles. The second-order valence-corrected chi connectivity index (χ2v) is 7.17. The number of thiophene rings is 1. The molecule has 8 heteroatoms. The van der Waals surface area contributed by atoms with Crippen molar-refractivity contribution in [2.45, 2.75) is 6.92 Å². The summed E-state index contributed by atoms with van der Waals surface area (Å²) >= 11 is 1.20. The Balaban J connectivity index is 1.71. The van der Waals surface area contributed by atoms with E-state index in [9.17, 15) is 14.4 Å². The van der Waals surface area contributed by atoms with Crippen LogP contribution in [0.3, 0.4) is 0 Å². The molecule has 0 aliphatic heterocycles. The second-order valence-electron chi connectivity index (χ2n) is 6.29. The van der Waals surface area contributed by atoms with E-state index in [0.29, 0.717) is 21.9 Å². The zero-order valence-electron chi connectivity index (χ0n) is 17.0. The Morgan fingerprint density at radius 3 is 2.29 bits per heavy atom. The molecule has 160 valence electrons. The average molecular weight is 439 g/mol. The lowest BCUT2D eigenvalue weighted by Gasteiger charge is -2.09. The Morgan fingerprint density at radius 2 is 1.65 bits per heavy atom. The van der Waals surface area contributed by atoms with Crippen LogP contribution in [0, 0.1) is 0 Å². The van der Waals surface area contributed by atoms with Crippen molar-refractivity contribution < 1.29 is 28.6 Å². The van der Waals surface area contributed by atoms with Gasteiger partial charge in [0.25, 0.3) is 5.91 Å². The normalized spacial score (nSPS) is 10.3. The smallest absolute Gasteiger partial charge is 0.341 e. The van der Waals surface area contributed by atoms with Crippen LogP contribution in [0.5, 0.6) is 5.75 Å². The molecule has 1 amide bonds. The van der Waals surface area contributed by atoms with Gasteiger partial charge in [-0.2, -0.15) is 0 Å². The number of methoxy groups -OCH3 is 1. The first kappa shape index (κ1) is 22.0. The minimum Gasteiger partial charge on any atom is -0.497 e. The first-order valence-corrected chi connectivity index (χ1v) is 10.4. The molecule has 3 aromatic rings. The summed E-state index contributed by atoms with van der Waals surface area (Å²) in [5.41, 5.74) is 2.05. The van der Waals surface area contributed by atoms with E-state index in [1.165, 1.54) is 18.4 Å². The van der Waals surface area contributed by atoms with Crippen LogP contribution < -0.4 is 10.1 Å². The molecule has 0 unspecified atom stereocenters. The van der Waals surface area contributed by atoms with Gasteiger partial charge in [0.15, 0.2) is 6.61 Å². The Labute approximate surface area is 183 Å². The molecule has 0 saturated carbocycles. The van der Waals surface area contributed by atoms with Crippen molar-refractivity contribution in [1.82, 2.24) is 0 Å². The van der Waals surface area contributed by atoms with Gasteiger partial charge in [-0.1, -0.05) is 30.3 Å². The fourth-order valence-electron chi connectivity index (χ4n) is 2.79. The third-order valence-corrected chi connectivity index (χ3v) is 5.16.